The molecule has 0 aliphatic rings. The molecule has 69 heavy (non-hydrogen) atoms. The van der Waals surface area contributed by atoms with E-state index in [1.807, 2.05) is 161 Å². The molecule has 0 amide bonds. The van der Waals surface area contributed by atoms with E-state index in [2.05, 4.69) is 12.1 Å². The third-order valence-electron chi connectivity index (χ3n) is 10.5. The minimum absolute atomic E-state index is 0.272. The quantitative estimate of drug-likeness (QED) is 0.0692. The summed E-state index contributed by atoms with van der Waals surface area (Å²) in [6.07, 6.45) is 1.22. The number of rotatable bonds is 18. The van der Waals surface area contributed by atoms with Crippen molar-refractivity contribution in [2.45, 2.75) is 166 Å². The van der Waals surface area contributed by atoms with E-state index in [0.717, 1.165) is 66.8 Å². The van der Waals surface area contributed by atoms with Gasteiger partial charge in [-0.1, -0.05) is 47.5 Å². The first-order chi connectivity index (χ1) is 31.8. The Morgan fingerprint density at radius 2 is 0.667 bits per heavy atom. The van der Waals surface area contributed by atoms with Crippen LogP contribution in [0, 0.1) is 41.5 Å². The van der Waals surface area contributed by atoms with Crippen LogP contribution in [0.1, 0.15) is 150 Å². The molecule has 0 saturated carbocycles. The lowest BCUT2D eigenvalue weighted by molar-refractivity contribution is -0.158. The van der Waals surface area contributed by atoms with Crippen LogP contribution in [-0.2, 0) is 57.4 Å². The fourth-order valence-electron chi connectivity index (χ4n) is 7.85. The SMILES string of the molecule is Cc1ccc(OCC(=O)OC(C)(C)C)c(Cc2c(C)c(Cc3cc(C)c(OCC(=O)OC(C)(C)C)c(Cc4cc(C)ccc4OCC(=O)OC(C)(C)C)c3C)cc(C)c2OCC(=O)OC(C)(C)C)c1. The average Bonchev–Trinajstić information content (AvgIpc) is 3.17. The number of hydrogen-bond donors (Lipinski definition) is 0. The lowest BCUT2D eigenvalue weighted by Crippen LogP contribution is -2.27. The first-order valence-electron chi connectivity index (χ1n) is 23.6. The summed E-state index contributed by atoms with van der Waals surface area (Å²) >= 11 is 0. The number of carbonyl (C=O) groups excluding carboxylic acids is 4. The van der Waals surface area contributed by atoms with Gasteiger partial charge in [0, 0.05) is 24.0 Å². The van der Waals surface area contributed by atoms with Crippen molar-refractivity contribution in [3.8, 4) is 23.0 Å². The van der Waals surface area contributed by atoms with Crippen LogP contribution in [0.25, 0.3) is 0 Å². The zero-order chi connectivity index (χ0) is 51.8. The van der Waals surface area contributed by atoms with Crippen LogP contribution < -0.4 is 18.9 Å². The van der Waals surface area contributed by atoms with Crippen molar-refractivity contribution in [1.82, 2.24) is 0 Å². The van der Waals surface area contributed by atoms with Crippen LogP contribution in [0.5, 0.6) is 23.0 Å². The standard InChI is InChI=1S/C57H76O12/c1-34-19-21-46(62-30-48(58)66-54(7,8)9)42(23-34)28-44-38(5)40(25-36(3)52(44)64-32-50(60)68-56(13,14)15)27-41-26-37(4)53(65-33-51(61)69-57(16,17)18)45(39(41)6)29-43-24-35(2)20-22-47(43)63-31-49(59)67-55(10,11)12/h19-26H,27-33H2,1-18H3. The van der Waals surface area contributed by atoms with E-state index >= 15 is 0 Å². The van der Waals surface area contributed by atoms with E-state index in [1.165, 1.54) is 0 Å². The maximum Gasteiger partial charge on any atom is 0.344 e. The molecule has 12 heteroatoms. The maximum atomic E-state index is 13.0. The van der Waals surface area contributed by atoms with Crippen molar-refractivity contribution >= 4 is 23.9 Å². The number of ether oxygens (including phenoxy) is 8. The van der Waals surface area contributed by atoms with Gasteiger partial charge in [-0.2, -0.15) is 0 Å². The Morgan fingerprint density at radius 1 is 0.377 bits per heavy atom. The van der Waals surface area contributed by atoms with E-state index in [1.54, 1.807) is 0 Å². The van der Waals surface area contributed by atoms with Gasteiger partial charge in [0.15, 0.2) is 26.4 Å². The van der Waals surface area contributed by atoms with Crippen molar-refractivity contribution in [1.29, 1.82) is 0 Å². The summed E-state index contributed by atoms with van der Waals surface area (Å²) in [6, 6.07) is 15.8. The van der Waals surface area contributed by atoms with Crippen molar-refractivity contribution in [2.24, 2.45) is 0 Å². The first-order valence-corrected chi connectivity index (χ1v) is 23.6. The van der Waals surface area contributed by atoms with Gasteiger partial charge in [0.1, 0.15) is 45.4 Å². The summed E-state index contributed by atoms with van der Waals surface area (Å²) in [7, 11) is 0. The zero-order valence-electron chi connectivity index (χ0n) is 44.5. The summed E-state index contributed by atoms with van der Waals surface area (Å²) < 4.78 is 47.3. The van der Waals surface area contributed by atoms with Crippen molar-refractivity contribution < 1.29 is 57.1 Å². The fraction of sp³-hybridized carbons (Fsp3) is 0.509. The van der Waals surface area contributed by atoms with Gasteiger partial charge in [0.2, 0.25) is 0 Å². The first kappa shape index (κ1) is 55.6. The van der Waals surface area contributed by atoms with Gasteiger partial charge in [-0.05, 0) is 188 Å². The zero-order valence-corrected chi connectivity index (χ0v) is 44.5. The molecule has 0 radical (unpaired) electrons. The highest BCUT2D eigenvalue weighted by molar-refractivity contribution is 5.73. The normalized spacial score (nSPS) is 12.0. The van der Waals surface area contributed by atoms with Gasteiger partial charge < -0.3 is 37.9 Å². The minimum Gasteiger partial charge on any atom is -0.482 e. The molecule has 0 heterocycles. The molecule has 0 aliphatic carbocycles. The van der Waals surface area contributed by atoms with Crippen LogP contribution in [-0.4, -0.2) is 72.7 Å². The predicted octanol–water partition coefficient (Wildman–Crippen LogP) is 11.2. The van der Waals surface area contributed by atoms with Gasteiger partial charge in [0.25, 0.3) is 0 Å². The number of esters is 4. The van der Waals surface area contributed by atoms with Crippen molar-refractivity contribution in [3.05, 3.63) is 115 Å². The molecule has 0 fully saturated rings. The van der Waals surface area contributed by atoms with Crippen LogP contribution >= 0.6 is 0 Å². The fourth-order valence-corrected chi connectivity index (χ4v) is 7.85. The molecular weight excluding hydrogens is 877 g/mol. The van der Waals surface area contributed by atoms with Gasteiger partial charge in [-0.25, -0.2) is 19.2 Å². The number of benzene rings is 4. The molecular formula is C57H76O12. The second-order valence-electron chi connectivity index (χ2n) is 21.8. The van der Waals surface area contributed by atoms with Crippen LogP contribution in [0.2, 0.25) is 0 Å². The van der Waals surface area contributed by atoms with Gasteiger partial charge in [-0.15, -0.1) is 0 Å². The Labute approximate surface area is 410 Å². The molecule has 0 N–H and O–H groups in total. The van der Waals surface area contributed by atoms with E-state index < -0.39 is 46.3 Å². The molecule has 0 saturated heterocycles. The predicted molar refractivity (Wildman–Crippen MR) is 268 cm³/mol. The molecule has 0 aliphatic heterocycles. The lowest BCUT2D eigenvalue weighted by Gasteiger charge is -2.24. The van der Waals surface area contributed by atoms with Gasteiger partial charge in [-0.3, -0.25) is 0 Å². The Bertz CT molecular complexity index is 2330. The molecule has 0 aromatic heterocycles. The van der Waals surface area contributed by atoms with Crippen LogP contribution in [0.4, 0.5) is 0 Å². The molecule has 376 valence electrons. The second-order valence-corrected chi connectivity index (χ2v) is 21.8. The summed E-state index contributed by atoms with van der Waals surface area (Å²) in [5, 5.41) is 0. The highest BCUT2D eigenvalue weighted by Gasteiger charge is 2.26. The molecule has 0 unspecified atom stereocenters. The number of aryl methyl sites for hydroxylation is 4. The molecule has 0 bridgehead atoms. The molecule has 4 rings (SSSR count). The molecule has 4 aromatic carbocycles. The maximum absolute atomic E-state index is 13.0. The van der Waals surface area contributed by atoms with Gasteiger partial charge in [0.05, 0.1) is 0 Å². The van der Waals surface area contributed by atoms with E-state index in [0.29, 0.717) is 42.3 Å². The lowest BCUT2D eigenvalue weighted by atomic mass is 9.86. The Morgan fingerprint density at radius 3 is 0.957 bits per heavy atom. The van der Waals surface area contributed by atoms with E-state index in [-0.39, 0.29) is 26.4 Å². The van der Waals surface area contributed by atoms with Gasteiger partial charge >= 0.3 is 23.9 Å². The summed E-state index contributed by atoms with van der Waals surface area (Å²) in [6.45, 7) is 32.6. The Hall–Kier alpha value is -6.04. The second kappa shape index (κ2) is 22.6. The van der Waals surface area contributed by atoms with Crippen molar-refractivity contribution in [2.75, 3.05) is 26.4 Å². The Balaban J connectivity index is 1.86. The van der Waals surface area contributed by atoms with Crippen LogP contribution in [0.15, 0.2) is 48.5 Å². The molecule has 12 nitrogen and oxygen atoms in total. The largest absolute Gasteiger partial charge is 0.482 e. The number of carbonyl (C=O) groups is 4. The number of hydrogen-bond acceptors (Lipinski definition) is 12. The average molecular weight is 953 g/mol. The molecule has 0 spiro atoms. The smallest absolute Gasteiger partial charge is 0.344 e. The molecule has 4 aromatic rings. The highest BCUT2D eigenvalue weighted by Crippen LogP contribution is 2.39. The Kier molecular flexibility index (Phi) is 18.2. The third-order valence-corrected chi connectivity index (χ3v) is 10.5. The summed E-state index contributed by atoms with van der Waals surface area (Å²) in [5.41, 5.74) is 8.16. The van der Waals surface area contributed by atoms with Crippen LogP contribution in [0.3, 0.4) is 0 Å². The van der Waals surface area contributed by atoms with E-state index in [4.69, 9.17) is 37.9 Å². The van der Waals surface area contributed by atoms with Crippen molar-refractivity contribution in [3.63, 3.8) is 0 Å². The third kappa shape index (κ3) is 17.8. The monoisotopic (exact) mass is 953 g/mol. The summed E-state index contributed by atoms with van der Waals surface area (Å²) in [4.78, 5) is 51.6. The summed E-state index contributed by atoms with van der Waals surface area (Å²) in [5.74, 6) is 0.202. The van der Waals surface area contributed by atoms with E-state index in [9.17, 15) is 19.2 Å². The minimum atomic E-state index is -0.695. The molecule has 0 atom stereocenters. The highest BCUT2D eigenvalue weighted by atomic mass is 16.6. The topological polar surface area (TPSA) is 142 Å².